The van der Waals surface area contributed by atoms with Crippen molar-refractivity contribution in [1.29, 1.82) is 0 Å². The van der Waals surface area contributed by atoms with Crippen molar-refractivity contribution in [3.05, 3.63) is 0 Å². The number of halogens is 3. The predicted molar refractivity (Wildman–Crippen MR) is 58.2 cm³/mol. The van der Waals surface area contributed by atoms with E-state index in [-0.39, 0.29) is 18.9 Å². The lowest BCUT2D eigenvalue weighted by atomic mass is 9.94. The maximum atomic E-state index is 12.2. The molecule has 0 aliphatic heterocycles. The molecule has 4 nitrogen and oxygen atoms in total. The van der Waals surface area contributed by atoms with Crippen LogP contribution in [0.25, 0.3) is 0 Å². The van der Waals surface area contributed by atoms with Crippen LogP contribution in [0.2, 0.25) is 0 Å². The zero-order chi connectivity index (χ0) is 14.6. The van der Waals surface area contributed by atoms with Crippen LogP contribution in [0.5, 0.6) is 0 Å². The van der Waals surface area contributed by atoms with E-state index in [1.54, 1.807) is 0 Å². The molecule has 0 aromatic heterocycles. The van der Waals surface area contributed by atoms with Crippen LogP contribution in [0.15, 0.2) is 0 Å². The van der Waals surface area contributed by atoms with Crippen LogP contribution in [0.1, 0.15) is 32.6 Å². The topological polar surface area (TPSA) is 60.4 Å². The second-order valence-electron chi connectivity index (χ2n) is 4.54. The summed E-state index contributed by atoms with van der Waals surface area (Å²) in [6.07, 6.45) is -4.50. The number of Topliss-reactive ketones (excluding diaryl/α,β-unsaturated/α-hetero) is 2. The van der Waals surface area contributed by atoms with Gasteiger partial charge in [-0.3, -0.25) is 14.4 Å². The van der Waals surface area contributed by atoms with Gasteiger partial charge in [0.25, 0.3) is 0 Å². The number of rotatable bonds is 7. The normalized spacial score (nSPS) is 16.8. The second kappa shape index (κ2) is 6.16. The predicted octanol–water partition coefficient (Wildman–Crippen LogP) is 2.06. The quantitative estimate of drug-likeness (QED) is 0.529. The van der Waals surface area contributed by atoms with E-state index in [9.17, 15) is 27.6 Å². The van der Waals surface area contributed by atoms with E-state index in [0.717, 1.165) is 12.8 Å². The van der Waals surface area contributed by atoms with Crippen molar-refractivity contribution in [3.8, 4) is 0 Å². The molecule has 1 aliphatic rings. The van der Waals surface area contributed by atoms with Gasteiger partial charge in [-0.25, -0.2) is 0 Å². The van der Waals surface area contributed by atoms with Crippen LogP contribution < -0.4 is 0 Å². The highest BCUT2D eigenvalue weighted by Crippen LogP contribution is 2.34. The first-order chi connectivity index (χ1) is 8.75. The number of hydrogen-bond acceptors (Lipinski definition) is 4. The molecule has 0 amide bonds. The molecule has 1 aliphatic carbocycles. The Morgan fingerprint density at radius 1 is 1.26 bits per heavy atom. The van der Waals surface area contributed by atoms with Crippen LogP contribution in [-0.4, -0.2) is 30.3 Å². The fourth-order valence-corrected chi connectivity index (χ4v) is 1.62. The van der Waals surface area contributed by atoms with Gasteiger partial charge in [0.2, 0.25) is 5.78 Å². The van der Waals surface area contributed by atoms with E-state index in [4.69, 9.17) is 0 Å². The number of alkyl halides is 3. The first kappa shape index (κ1) is 15.7. The summed E-state index contributed by atoms with van der Waals surface area (Å²) < 4.78 is 41.1. The van der Waals surface area contributed by atoms with Gasteiger partial charge >= 0.3 is 12.1 Å². The van der Waals surface area contributed by atoms with Crippen LogP contribution in [0.4, 0.5) is 13.2 Å². The Bertz CT molecular complexity index is 372. The molecule has 0 N–H and O–H groups in total. The molecular weight excluding hydrogens is 265 g/mol. The van der Waals surface area contributed by atoms with Gasteiger partial charge < -0.3 is 4.74 Å². The Balaban J connectivity index is 2.70. The van der Waals surface area contributed by atoms with Gasteiger partial charge in [-0.15, -0.1) is 0 Å². The molecule has 7 heteroatoms. The number of hydrogen-bond donors (Lipinski definition) is 0. The number of carbonyl (C=O) groups excluding carboxylic acids is 3. The first-order valence-electron chi connectivity index (χ1n) is 6.05. The molecule has 0 aromatic rings. The number of ketones is 2. The zero-order valence-electron chi connectivity index (χ0n) is 10.5. The highest BCUT2D eigenvalue weighted by Gasteiger charge is 2.43. The Kier molecular flexibility index (Phi) is 5.08. The van der Waals surface area contributed by atoms with Gasteiger partial charge in [0.1, 0.15) is 11.7 Å². The van der Waals surface area contributed by atoms with Gasteiger partial charge in [-0.05, 0) is 25.7 Å². The lowest BCUT2D eigenvalue weighted by Gasteiger charge is -2.14. The molecule has 0 bridgehead atoms. The van der Waals surface area contributed by atoms with E-state index < -0.39 is 36.1 Å². The molecular formula is C12H15F3O4. The Morgan fingerprint density at radius 2 is 1.84 bits per heavy atom. The van der Waals surface area contributed by atoms with Crippen molar-refractivity contribution in [1.82, 2.24) is 0 Å². The van der Waals surface area contributed by atoms with E-state index >= 15 is 0 Å². The lowest BCUT2D eigenvalue weighted by Crippen LogP contribution is -2.33. The van der Waals surface area contributed by atoms with Crippen LogP contribution in [0.3, 0.4) is 0 Å². The number of carbonyl (C=O) groups is 3. The fraction of sp³-hybridized carbons (Fsp3) is 0.750. The van der Waals surface area contributed by atoms with Gasteiger partial charge in [0.05, 0.1) is 6.61 Å². The summed E-state index contributed by atoms with van der Waals surface area (Å²) in [5.41, 5.74) is 0. The highest BCUT2D eigenvalue weighted by molar-refractivity contribution is 6.03. The molecule has 0 radical (unpaired) electrons. The Morgan fingerprint density at radius 3 is 2.26 bits per heavy atom. The molecule has 1 saturated carbocycles. The highest BCUT2D eigenvalue weighted by atomic mass is 19.4. The minimum atomic E-state index is -5.04. The summed E-state index contributed by atoms with van der Waals surface area (Å²) in [5, 5.41) is 0. The maximum Gasteiger partial charge on any atom is 0.450 e. The van der Waals surface area contributed by atoms with E-state index in [0.29, 0.717) is 0 Å². The Hall–Kier alpha value is -1.40. The summed E-state index contributed by atoms with van der Waals surface area (Å²) in [6, 6.07) is 0. The standard InChI is InChI=1S/C12H15F3O4/c1-2-19-11(18)8(6-10(17)12(13,14)15)9(16)5-7-3-4-7/h7-8H,2-6H2,1H3. The van der Waals surface area contributed by atoms with Gasteiger partial charge in [0.15, 0.2) is 0 Å². The van der Waals surface area contributed by atoms with Gasteiger partial charge in [-0.2, -0.15) is 13.2 Å². The summed E-state index contributed by atoms with van der Waals surface area (Å²) in [4.78, 5) is 34.1. The number of ether oxygens (including phenoxy) is 1. The van der Waals surface area contributed by atoms with Crippen LogP contribution >= 0.6 is 0 Å². The molecule has 1 unspecified atom stereocenters. The molecule has 108 valence electrons. The zero-order valence-corrected chi connectivity index (χ0v) is 10.5. The first-order valence-corrected chi connectivity index (χ1v) is 6.05. The third kappa shape index (κ3) is 5.00. The molecule has 1 atom stereocenters. The van der Waals surface area contributed by atoms with Crippen molar-refractivity contribution in [2.24, 2.45) is 11.8 Å². The van der Waals surface area contributed by atoms with Crippen molar-refractivity contribution in [2.45, 2.75) is 38.8 Å². The van der Waals surface area contributed by atoms with Crippen molar-refractivity contribution in [2.75, 3.05) is 6.61 Å². The molecule has 1 fully saturated rings. The lowest BCUT2D eigenvalue weighted by molar-refractivity contribution is -0.174. The van der Waals surface area contributed by atoms with Gasteiger partial charge in [-0.1, -0.05) is 0 Å². The summed E-state index contributed by atoms with van der Waals surface area (Å²) in [7, 11) is 0. The molecule has 1 rings (SSSR count). The smallest absolute Gasteiger partial charge is 0.450 e. The van der Waals surface area contributed by atoms with Crippen LogP contribution in [0, 0.1) is 11.8 Å². The minimum Gasteiger partial charge on any atom is -0.465 e. The van der Waals surface area contributed by atoms with Crippen molar-refractivity contribution in [3.63, 3.8) is 0 Å². The SMILES string of the molecule is CCOC(=O)C(CC(=O)C(F)(F)F)C(=O)CC1CC1. The average molecular weight is 280 g/mol. The second-order valence-corrected chi connectivity index (χ2v) is 4.54. The van der Waals surface area contributed by atoms with Crippen molar-refractivity contribution >= 4 is 17.5 Å². The average Bonchev–Trinajstić information content (AvgIpc) is 3.07. The third-order valence-corrected chi connectivity index (χ3v) is 2.85. The van der Waals surface area contributed by atoms with Gasteiger partial charge in [0, 0.05) is 12.8 Å². The summed E-state index contributed by atoms with van der Waals surface area (Å²) in [5.74, 6) is -5.26. The molecule has 0 saturated heterocycles. The van der Waals surface area contributed by atoms with E-state index in [1.807, 2.05) is 0 Å². The monoisotopic (exact) mass is 280 g/mol. The largest absolute Gasteiger partial charge is 0.465 e. The summed E-state index contributed by atoms with van der Waals surface area (Å²) >= 11 is 0. The van der Waals surface area contributed by atoms with E-state index in [2.05, 4.69) is 4.74 Å². The molecule has 0 heterocycles. The summed E-state index contributed by atoms with van der Waals surface area (Å²) in [6.45, 7) is 1.43. The minimum absolute atomic E-state index is 0.0363. The molecule has 0 spiro atoms. The fourth-order valence-electron chi connectivity index (χ4n) is 1.62. The molecule has 0 aromatic carbocycles. The molecule has 19 heavy (non-hydrogen) atoms. The van der Waals surface area contributed by atoms with Crippen molar-refractivity contribution < 1.29 is 32.3 Å². The third-order valence-electron chi connectivity index (χ3n) is 2.85. The Labute approximate surface area is 108 Å². The number of esters is 1. The van der Waals surface area contributed by atoms with Crippen LogP contribution in [-0.2, 0) is 19.1 Å². The van der Waals surface area contributed by atoms with E-state index in [1.165, 1.54) is 6.92 Å². The maximum absolute atomic E-state index is 12.2.